The molecule has 1 aromatic heterocycles. The third-order valence-corrected chi connectivity index (χ3v) is 4.47. The Kier molecular flexibility index (Phi) is 5.69. The Hall–Kier alpha value is -2.96. The first kappa shape index (κ1) is 18.8. The second kappa shape index (κ2) is 8.16. The molecular weight excluding hydrogens is 350 g/mol. The number of anilines is 1. The Balaban J connectivity index is 1.64. The van der Waals surface area contributed by atoms with Gasteiger partial charge in [-0.3, -0.25) is 9.36 Å². The first-order valence-corrected chi connectivity index (χ1v) is 8.75. The number of aromatic nitrogens is 2. The van der Waals surface area contributed by atoms with Crippen LogP contribution in [0.4, 0.5) is 14.5 Å². The molecule has 0 fully saturated rings. The summed E-state index contributed by atoms with van der Waals surface area (Å²) in [4.78, 5) is 18.1. The molecular formula is C20H22F2N4O. The SMILES string of the molecule is Cc1ccccc1NCCC(=O)N(C)Cc1nc2ccccc2n1C(F)F. The van der Waals surface area contributed by atoms with Crippen LogP contribution in [0.2, 0.25) is 0 Å². The van der Waals surface area contributed by atoms with Crippen molar-refractivity contribution in [2.24, 2.45) is 0 Å². The van der Waals surface area contributed by atoms with Crippen molar-refractivity contribution in [1.82, 2.24) is 14.5 Å². The highest BCUT2D eigenvalue weighted by Crippen LogP contribution is 2.23. The van der Waals surface area contributed by atoms with E-state index in [0.29, 0.717) is 17.6 Å². The van der Waals surface area contributed by atoms with E-state index in [1.54, 1.807) is 31.3 Å². The number of fused-ring (bicyclic) bond motifs is 1. The van der Waals surface area contributed by atoms with Crippen LogP contribution >= 0.6 is 0 Å². The summed E-state index contributed by atoms with van der Waals surface area (Å²) in [5, 5.41) is 3.23. The molecule has 1 amide bonds. The number of para-hydroxylation sites is 3. The van der Waals surface area contributed by atoms with Crippen molar-refractivity contribution in [2.45, 2.75) is 26.4 Å². The van der Waals surface area contributed by atoms with Gasteiger partial charge in [-0.25, -0.2) is 4.98 Å². The number of hydrogen-bond donors (Lipinski definition) is 1. The summed E-state index contributed by atoms with van der Waals surface area (Å²) < 4.78 is 27.8. The second-order valence-corrected chi connectivity index (χ2v) is 6.41. The molecule has 3 aromatic rings. The van der Waals surface area contributed by atoms with Gasteiger partial charge in [0.2, 0.25) is 5.91 Å². The first-order chi connectivity index (χ1) is 13.0. The number of nitrogens with zero attached hydrogens (tertiary/aromatic N) is 3. The lowest BCUT2D eigenvalue weighted by atomic mass is 10.2. The molecule has 0 radical (unpaired) electrons. The largest absolute Gasteiger partial charge is 0.384 e. The maximum Gasteiger partial charge on any atom is 0.320 e. The van der Waals surface area contributed by atoms with Gasteiger partial charge >= 0.3 is 6.55 Å². The number of imidazole rings is 1. The molecule has 7 heteroatoms. The lowest BCUT2D eigenvalue weighted by Gasteiger charge is -2.18. The van der Waals surface area contributed by atoms with Gasteiger partial charge in [0.25, 0.3) is 0 Å². The average molecular weight is 372 g/mol. The quantitative estimate of drug-likeness (QED) is 0.676. The molecule has 0 spiro atoms. The zero-order chi connectivity index (χ0) is 19.4. The van der Waals surface area contributed by atoms with Gasteiger partial charge in [-0.05, 0) is 30.7 Å². The molecule has 1 N–H and O–H groups in total. The number of aryl methyl sites for hydroxylation is 1. The summed E-state index contributed by atoms with van der Waals surface area (Å²) in [5.41, 5.74) is 2.94. The first-order valence-electron chi connectivity index (χ1n) is 8.75. The minimum atomic E-state index is -2.71. The summed E-state index contributed by atoms with van der Waals surface area (Å²) >= 11 is 0. The summed E-state index contributed by atoms with van der Waals surface area (Å²) in [5.74, 6) is 0.0397. The molecule has 0 aliphatic rings. The fourth-order valence-corrected chi connectivity index (χ4v) is 2.99. The van der Waals surface area contributed by atoms with Crippen molar-refractivity contribution < 1.29 is 13.6 Å². The lowest BCUT2D eigenvalue weighted by Crippen LogP contribution is -2.29. The molecule has 0 aliphatic heterocycles. The number of halogens is 2. The maximum absolute atomic E-state index is 13.5. The lowest BCUT2D eigenvalue weighted by molar-refractivity contribution is -0.130. The predicted molar refractivity (Wildman–Crippen MR) is 102 cm³/mol. The van der Waals surface area contributed by atoms with Gasteiger partial charge in [-0.1, -0.05) is 30.3 Å². The number of nitrogens with one attached hydrogen (secondary N) is 1. The maximum atomic E-state index is 13.5. The van der Waals surface area contributed by atoms with Crippen molar-refractivity contribution in [3.63, 3.8) is 0 Å². The monoisotopic (exact) mass is 372 g/mol. The molecule has 2 aromatic carbocycles. The molecule has 142 valence electrons. The van der Waals surface area contributed by atoms with E-state index in [9.17, 15) is 13.6 Å². The van der Waals surface area contributed by atoms with E-state index in [0.717, 1.165) is 15.8 Å². The highest BCUT2D eigenvalue weighted by atomic mass is 19.3. The van der Waals surface area contributed by atoms with Crippen molar-refractivity contribution >= 4 is 22.6 Å². The molecule has 1 heterocycles. The van der Waals surface area contributed by atoms with Crippen LogP contribution in [0.3, 0.4) is 0 Å². The number of rotatable bonds is 7. The topological polar surface area (TPSA) is 50.2 Å². The molecule has 0 unspecified atom stereocenters. The van der Waals surface area contributed by atoms with E-state index in [2.05, 4.69) is 10.3 Å². The zero-order valence-electron chi connectivity index (χ0n) is 15.3. The number of carbonyl (C=O) groups is 1. The molecule has 0 saturated heterocycles. The van der Waals surface area contributed by atoms with Crippen LogP contribution < -0.4 is 5.32 Å². The summed E-state index contributed by atoms with van der Waals surface area (Å²) in [7, 11) is 1.60. The van der Waals surface area contributed by atoms with Crippen LogP contribution in [0.5, 0.6) is 0 Å². The standard InChI is InChI=1S/C20H22F2N4O/c1-14-7-3-4-8-15(14)23-12-11-19(27)25(2)13-18-24-16-9-5-6-10-17(16)26(18)20(21)22/h3-10,20,23H,11-13H2,1-2H3. The molecule has 27 heavy (non-hydrogen) atoms. The fourth-order valence-electron chi connectivity index (χ4n) is 2.99. The van der Waals surface area contributed by atoms with E-state index >= 15 is 0 Å². The predicted octanol–water partition coefficient (Wildman–Crippen LogP) is 4.20. The van der Waals surface area contributed by atoms with E-state index in [-0.39, 0.29) is 24.7 Å². The van der Waals surface area contributed by atoms with Crippen LogP contribution in [0.1, 0.15) is 24.4 Å². The van der Waals surface area contributed by atoms with Crippen LogP contribution in [-0.4, -0.2) is 34.0 Å². The van der Waals surface area contributed by atoms with E-state index < -0.39 is 6.55 Å². The molecule has 0 atom stereocenters. The molecule has 0 aliphatic carbocycles. The number of benzene rings is 2. The third kappa shape index (κ3) is 4.24. The smallest absolute Gasteiger partial charge is 0.320 e. The van der Waals surface area contributed by atoms with E-state index in [4.69, 9.17) is 0 Å². The summed E-state index contributed by atoms with van der Waals surface area (Å²) in [6.45, 7) is -0.217. The van der Waals surface area contributed by atoms with Gasteiger partial charge in [0.1, 0.15) is 5.82 Å². The Morgan fingerprint density at radius 3 is 2.63 bits per heavy atom. The third-order valence-electron chi connectivity index (χ3n) is 4.47. The van der Waals surface area contributed by atoms with Gasteiger partial charge < -0.3 is 10.2 Å². The molecule has 0 saturated carbocycles. The van der Waals surface area contributed by atoms with E-state index in [1.165, 1.54) is 4.90 Å². The van der Waals surface area contributed by atoms with Crippen molar-refractivity contribution in [1.29, 1.82) is 0 Å². The minimum absolute atomic E-state index is 0.0300. The number of amides is 1. The summed E-state index contributed by atoms with van der Waals surface area (Å²) in [6.07, 6.45) is 0.264. The van der Waals surface area contributed by atoms with Crippen LogP contribution in [0.25, 0.3) is 11.0 Å². The van der Waals surface area contributed by atoms with Crippen LogP contribution in [0.15, 0.2) is 48.5 Å². The van der Waals surface area contributed by atoms with Gasteiger partial charge in [-0.15, -0.1) is 0 Å². The van der Waals surface area contributed by atoms with Crippen LogP contribution in [0, 0.1) is 6.92 Å². The number of hydrogen-bond acceptors (Lipinski definition) is 3. The second-order valence-electron chi connectivity index (χ2n) is 6.41. The highest BCUT2D eigenvalue weighted by molar-refractivity contribution is 5.78. The van der Waals surface area contributed by atoms with Crippen LogP contribution in [-0.2, 0) is 11.3 Å². The highest BCUT2D eigenvalue weighted by Gasteiger charge is 2.20. The van der Waals surface area contributed by atoms with Gasteiger partial charge in [0.05, 0.1) is 17.6 Å². The Morgan fingerprint density at radius 1 is 1.19 bits per heavy atom. The van der Waals surface area contributed by atoms with E-state index in [1.807, 2.05) is 31.2 Å². The Bertz CT molecular complexity index is 939. The average Bonchev–Trinajstić information content (AvgIpc) is 3.01. The van der Waals surface area contributed by atoms with Gasteiger partial charge in [0.15, 0.2) is 0 Å². The fraction of sp³-hybridized carbons (Fsp3) is 0.300. The molecule has 0 bridgehead atoms. The minimum Gasteiger partial charge on any atom is -0.384 e. The van der Waals surface area contributed by atoms with Crippen molar-refractivity contribution in [3.8, 4) is 0 Å². The normalized spacial score (nSPS) is 11.1. The number of alkyl halides is 2. The molecule has 3 rings (SSSR count). The molecule has 5 nitrogen and oxygen atoms in total. The van der Waals surface area contributed by atoms with Gasteiger partial charge in [-0.2, -0.15) is 8.78 Å². The van der Waals surface area contributed by atoms with Gasteiger partial charge in [0, 0.05) is 25.7 Å². The zero-order valence-corrected chi connectivity index (χ0v) is 15.3. The summed E-state index contributed by atoms with van der Waals surface area (Å²) in [6, 6.07) is 14.6. The van der Waals surface area contributed by atoms with Crippen molar-refractivity contribution in [2.75, 3.05) is 18.9 Å². The Morgan fingerprint density at radius 2 is 1.89 bits per heavy atom. The Labute approximate surface area is 156 Å². The van der Waals surface area contributed by atoms with Crippen molar-refractivity contribution in [3.05, 3.63) is 59.9 Å². The number of carbonyl (C=O) groups excluding carboxylic acids is 1.